The fourth-order valence-corrected chi connectivity index (χ4v) is 8.04. The Morgan fingerprint density at radius 1 is 0.310 bits per heavy atom. The Kier molecular flexibility index (Phi) is 5.13. The molecule has 0 aliphatic carbocycles. The topological polar surface area (TPSA) is 3.24 Å². The van der Waals surface area contributed by atoms with Gasteiger partial charge in [0, 0.05) is 26.2 Å². The second-order valence-electron chi connectivity index (χ2n) is 10.9. The van der Waals surface area contributed by atoms with E-state index in [0.29, 0.717) is 0 Å². The summed E-state index contributed by atoms with van der Waals surface area (Å²) in [6.07, 6.45) is 0. The van der Waals surface area contributed by atoms with Gasteiger partial charge < -0.3 is 4.90 Å². The fraction of sp³-hybridized carbons (Fsp3) is 0. The lowest BCUT2D eigenvalue weighted by Crippen LogP contribution is -2.11. The predicted octanol–water partition coefficient (Wildman–Crippen LogP) is 12.1. The Morgan fingerprint density at radius 3 is 1.69 bits per heavy atom. The molecule has 0 spiro atoms. The molecule has 0 aliphatic heterocycles. The highest BCUT2D eigenvalue weighted by Gasteiger charge is 2.22. The van der Waals surface area contributed by atoms with Crippen LogP contribution in [0.5, 0.6) is 0 Å². The zero-order valence-corrected chi connectivity index (χ0v) is 23.6. The zero-order valence-electron chi connectivity index (χ0n) is 22.8. The highest BCUT2D eigenvalue weighted by molar-refractivity contribution is 7.27. The third-order valence-corrected chi connectivity index (χ3v) is 9.88. The molecule has 1 nitrogen and oxygen atoms in total. The van der Waals surface area contributed by atoms with Gasteiger partial charge >= 0.3 is 0 Å². The first-order valence-corrected chi connectivity index (χ1v) is 15.2. The number of rotatable bonds is 3. The number of thiophene rings is 1. The first kappa shape index (κ1) is 23.5. The van der Waals surface area contributed by atoms with E-state index in [9.17, 15) is 0 Å². The molecule has 0 fully saturated rings. The first-order valence-electron chi connectivity index (χ1n) is 14.4. The number of hydrogen-bond acceptors (Lipinski definition) is 2. The van der Waals surface area contributed by atoms with E-state index in [1.54, 1.807) is 0 Å². The van der Waals surface area contributed by atoms with Crippen molar-refractivity contribution < 1.29 is 0 Å². The van der Waals surface area contributed by atoms with Gasteiger partial charge in [0.2, 0.25) is 0 Å². The Labute approximate surface area is 247 Å². The minimum absolute atomic E-state index is 1.18. The summed E-state index contributed by atoms with van der Waals surface area (Å²) in [5.74, 6) is 0. The molecule has 0 saturated heterocycles. The van der Waals surface area contributed by atoms with Gasteiger partial charge in [0.05, 0.1) is 21.8 Å². The van der Waals surface area contributed by atoms with Gasteiger partial charge in [-0.25, -0.2) is 0 Å². The van der Waals surface area contributed by atoms with Crippen molar-refractivity contribution in [2.75, 3.05) is 4.90 Å². The molecule has 0 bridgehead atoms. The van der Waals surface area contributed by atoms with Gasteiger partial charge in [-0.15, -0.1) is 11.3 Å². The Morgan fingerprint density at radius 2 is 0.857 bits per heavy atom. The molecule has 9 rings (SSSR count). The normalized spacial score (nSPS) is 11.8. The van der Waals surface area contributed by atoms with E-state index in [4.69, 9.17) is 0 Å². The molecule has 0 radical (unpaired) electrons. The number of fused-ring (bicyclic) bond motifs is 9. The molecular formula is C40H25NS. The van der Waals surface area contributed by atoms with Crippen LogP contribution in [-0.2, 0) is 0 Å². The highest BCUT2D eigenvalue weighted by atomic mass is 32.1. The van der Waals surface area contributed by atoms with Crippen molar-refractivity contribution in [3.05, 3.63) is 152 Å². The molecule has 0 amide bonds. The summed E-state index contributed by atoms with van der Waals surface area (Å²) in [5.41, 5.74) is 3.58. The summed E-state index contributed by atoms with van der Waals surface area (Å²) >= 11 is 1.91. The maximum absolute atomic E-state index is 2.51. The van der Waals surface area contributed by atoms with Crippen molar-refractivity contribution in [3.63, 3.8) is 0 Å². The molecule has 0 atom stereocenters. The van der Waals surface area contributed by atoms with E-state index in [1.807, 2.05) is 11.3 Å². The maximum atomic E-state index is 2.51. The van der Waals surface area contributed by atoms with E-state index in [0.717, 1.165) is 0 Å². The van der Waals surface area contributed by atoms with Gasteiger partial charge in [-0.2, -0.15) is 0 Å². The predicted molar refractivity (Wildman–Crippen MR) is 184 cm³/mol. The van der Waals surface area contributed by atoms with Crippen molar-refractivity contribution in [2.45, 2.75) is 0 Å². The first-order chi connectivity index (χ1) is 20.8. The average Bonchev–Trinajstić information content (AvgIpc) is 3.45. The van der Waals surface area contributed by atoms with Crippen LogP contribution >= 0.6 is 11.3 Å². The fourth-order valence-electron chi connectivity index (χ4n) is 6.70. The van der Waals surface area contributed by atoms with Crippen LogP contribution in [-0.4, -0.2) is 0 Å². The van der Waals surface area contributed by atoms with Gasteiger partial charge in [0.15, 0.2) is 0 Å². The van der Waals surface area contributed by atoms with E-state index in [2.05, 4.69) is 157 Å². The van der Waals surface area contributed by atoms with Crippen LogP contribution in [0.4, 0.5) is 17.1 Å². The highest BCUT2D eigenvalue weighted by Crippen LogP contribution is 2.49. The molecular weight excluding hydrogens is 527 g/mol. The smallest absolute Gasteiger partial charge is 0.0640 e. The van der Waals surface area contributed by atoms with Crippen LogP contribution in [0.25, 0.3) is 63.3 Å². The summed E-state index contributed by atoms with van der Waals surface area (Å²) in [4.78, 5) is 2.51. The zero-order chi connectivity index (χ0) is 27.6. The molecule has 1 heterocycles. The molecule has 42 heavy (non-hydrogen) atoms. The minimum Gasteiger partial charge on any atom is -0.308 e. The SMILES string of the molecule is c1ccc2c(N(c3cc4ccccc4c4ccccc34)c3cccc4c3sc3c5ccccc5ccc43)cccc2c1. The summed E-state index contributed by atoms with van der Waals surface area (Å²) in [5, 5.41) is 12.7. The van der Waals surface area contributed by atoms with Crippen molar-refractivity contribution in [1.29, 1.82) is 0 Å². The molecule has 0 aliphatic rings. The van der Waals surface area contributed by atoms with Crippen LogP contribution in [0.1, 0.15) is 0 Å². The summed E-state index contributed by atoms with van der Waals surface area (Å²) in [6, 6.07) is 55.5. The van der Waals surface area contributed by atoms with Crippen molar-refractivity contribution in [2.24, 2.45) is 0 Å². The Hall–Kier alpha value is -5.18. The van der Waals surface area contributed by atoms with Crippen molar-refractivity contribution in [1.82, 2.24) is 0 Å². The molecule has 0 N–H and O–H groups in total. The molecule has 9 aromatic rings. The van der Waals surface area contributed by atoms with Gasteiger partial charge in [-0.05, 0) is 50.5 Å². The molecule has 0 unspecified atom stereocenters. The van der Waals surface area contributed by atoms with E-state index >= 15 is 0 Å². The van der Waals surface area contributed by atoms with Gasteiger partial charge in [0.1, 0.15) is 0 Å². The average molecular weight is 552 g/mol. The summed E-state index contributed by atoms with van der Waals surface area (Å²) in [7, 11) is 0. The summed E-state index contributed by atoms with van der Waals surface area (Å²) in [6.45, 7) is 0. The Balaban J connectivity index is 1.45. The third-order valence-electron chi connectivity index (χ3n) is 8.60. The molecule has 196 valence electrons. The van der Waals surface area contributed by atoms with Gasteiger partial charge in [-0.3, -0.25) is 0 Å². The van der Waals surface area contributed by atoms with Gasteiger partial charge in [0.25, 0.3) is 0 Å². The van der Waals surface area contributed by atoms with E-state index in [-0.39, 0.29) is 0 Å². The maximum Gasteiger partial charge on any atom is 0.0640 e. The number of hydrogen-bond donors (Lipinski definition) is 0. The monoisotopic (exact) mass is 551 g/mol. The largest absolute Gasteiger partial charge is 0.308 e. The second-order valence-corrected chi connectivity index (χ2v) is 11.9. The van der Waals surface area contributed by atoms with E-state index in [1.165, 1.54) is 80.3 Å². The molecule has 2 heteroatoms. The lowest BCUT2D eigenvalue weighted by Gasteiger charge is -2.29. The standard InChI is InChI=1S/C40H25NS/c1-5-16-30-26(11-1)14-9-21-36(30)41(38-25-28-13-3-4-15-29(28)32-18-7-8-19-33(32)38)37-22-10-20-34-35-24-23-27-12-2-6-17-31(27)39(35)42-40(34)37/h1-25H. The lowest BCUT2D eigenvalue weighted by atomic mass is 9.98. The number of benzene rings is 8. The molecule has 8 aromatic carbocycles. The number of nitrogens with zero attached hydrogens (tertiary/aromatic N) is 1. The van der Waals surface area contributed by atoms with Crippen molar-refractivity contribution in [3.8, 4) is 0 Å². The van der Waals surface area contributed by atoms with Crippen LogP contribution in [0.2, 0.25) is 0 Å². The van der Waals surface area contributed by atoms with E-state index < -0.39 is 0 Å². The van der Waals surface area contributed by atoms with Crippen LogP contribution in [0, 0.1) is 0 Å². The minimum atomic E-state index is 1.18. The second kappa shape index (κ2) is 9.17. The number of anilines is 3. The van der Waals surface area contributed by atoms with Crippen molar-refractivity contribution >= 4 is 91.7 Å². The molecule has 1 aromatic heterocycles. The Bertz CT molecular complexity index is 2480. The lowest BCUT2D eigenvalue weighted by molar-refractivity contribution is 1.34. The van der Waals surface area contributed by atoms with Crippen LogP contribution in [0.15, 0.2) is 152 Å². The van der Waals surface area contributed by atoms with Crippen LogP contribution in [0.3, 0.4) is 0 Å². The summed E-state index contributed by atoms with van der Waals surface area (Å²) < 4.78 is 2.64. The molecule has 0 saturated carbocycles. The van der Waals surface area contributed by atoms with Gasteiger partial charge in [-0.1, -0.05) is 133 Å². The third kappa shape index (κ3) is 3.43. The quantitative estimate of drug-likeness (QED) is 0.197. The van der Waals surface area contributed by atoms with Crippen LogP contribution < -0.4 is 4.90 Å².